The summed E-state index contributed by atoms with van der Waals surface area (Å²) in [5.41, 5.74) is 1.71. The Labute approximate surface area is 164 Å². The Morgan fingerprint density at radius 2 is 2.04 bits per heavy atom. The molecular formula is C20H18BrFN2O3. The number of carbonyl (C=O) groups excluding carboxylic acids is 2. The molecule has 1 aliphatic heterocycles. The van der Waals surface area contributed by atoms with Crippen LogP contribution in [0.1, 0.15) is 24.5 Å². The number of hydrogen-bond acceptors (Lipinski definition) is 3. The van der Waals surface area contributed by atoms with E-state index in [9.17, 15) is 14.0 Å². The highest BCUT2D eigenvalue weighted by Gasteiger charge is 2.32. The van der Waals surface area contributed by atoms with Crippen LogP contribution in [0.4, 0.5) is 9.18 Å². The second kappa shape index (κ2) is 8.35. The van der Waals surface area contributed by atoms with Gasteiger partial charge in [-0.05, 0) is 63.8 Å². The number of amides is 3. The molecule has 1 saturated heterocycles. The molecule has 0 atom stereocenters. The number of benzene rings is 2. The van der Waals surface area contributed by atoms with Crippen LogP contribution >= 0.6 is 15.9 Å². The largest absolute Gasteiger partial charge is 0.488 e. The smallest absolute Gasteiger partial charge is 0.329 e. The number of nitrogens with zero attached hydrogens (tertiary/aromatic N) is 1. The van der Waals surface area contributed by atoms with Gasteiger partial charge in [-0.1, -0.05) is 25.1 Å². The fraction of sp³-hybridized carbons (Fsp3) is 0.200. The normalized spacial score (nSPS) is 15.4. The first-order chi connectivity index (χ1) is 13.0. The second-order valence-corrected chi connectivity index (χ2v) is 6.91. The first-order valence-corrected chi connectivity index (χ1v) is 9.28. The predicted octanol–water partition coefficient (Wildman–Crippen LogP) is 4.47. The zero-order valence-corrected chi connectivity index (χ0v) is 16.3. The lowest BCUT2D eigenvalue weighted by atomic mass is 10.2. The number of imide groups is 1. The van der Waals surface area contributed by atoms with Crippen LogP contribution in [-0.2, 0) is 11.4 Å². The summed E-state index contributed by atoms with van der Waals surface area (Å²) in [6, 6.07) is 11.1. The molecule has 0 aromatic heterocycles. The number of nitrogens with one attached hydrogen (secondary N) is 1. The quantitative estimate of drug-likeness (QED) is 0.540. The molecule has 1 aliphatic rings. The second-order valence-electron chi connectivity index (χ2n) is 6.05. The predicted molar refractivity (Wildman–Crippen MR) is 103 cm³/mol. The van der Waals surface area contributed by atoms with Gasteiger partial charge in [0.1, 0.15) is 23.9 Å². The van der Waals surface area contributed by atoms with Crippen molar-refractivity contribution in [2.45, 2.75) is 20.0 Å². The van der Waals surface area contributed by atoms with Crippen LogP contribution in [0.3, 0.4) is 0 Å². The highest BCUT2D eigenvalue weighted by Crippen LogP contribution is 2.28. The number of halogens is 2. The van der Waals surface area contributed by atoms with Crippen LogP contribution < -0.4 is 10.1 Å². The van der Waals surface area contributed by atoms with Crippen molar-refractivity contribution >= 4 is 33.9 Å². The molecule has 1 fully saturated rings. The van der Waals surface area contributed by atoms with Crippen LogP contribution in [0.5, 0.6) is 5.75 Å². The number of rotatable bonds is 6. The molecule has 0 radical (unpaired) electrons. The fourth-order valence-electron chi connectivity index (χ4n) is 2.68. The van der Waals surface area contributed by atoms with Gasteiger partial charge in [0.2, 0.25) is 0 Å². The average Bonchev–Trinajstić information content (AvgIpc) is 2.89. The number of carbonyl (C=O) groups is 2. The maximum atomic E-state index is 13.2. The summed E-state index contributed by atoms with van der Waals surface area (Å²) < 4.78 is 19.6. The van der Waals surface area contributed by atoms with Crippen molar-refractivity contribution in [1.29, 1.82) is 0 Å². The Balaban J connectivity index is 1.71. The van der Waals surface area contributed by atoms with Gasteiger partial charge in [0.25, 0.3) is 5.91 Å². The van der Waals surface area contributed by atoms with E-state index in [1.165, 1.54) is 17.0 Å². The van der Waals surface area contributed by atoms with Gasteiger partial charge in [-0.15, -0.1) is 0 Å². The van der Waals surface area contributed by atoms with Crippen molar-refractivity contribution in [2.75, 3.05) is 6.54 Å². The van der Waals surface area contributed by atoms with Crippen molar-refractivity contribution in [3.05, 3.63) is 69.6 Å². The summed E-state index contributed by atoms with van der Waals surface area (Å²) in [6.45, 7) is 2.53. The molecule has 0 saturated carbocycles. The maximum absolute atomic E-state index is 13.2. The van der Waals surface area contributed by atoms with Crippen molar-refractivity contribution < 1.29 is 18.7 Å². The van der Waals surface area contributed by atoms with Crippen molar-refractivity contribution in [3.63, 3.8) is 0 Å². The zero-order chi connectivity index (χ0) is 19.4. The molecule has 7 heteroatoms. The number of hydrogen-bond donors (Lipinski definition) is 1. The van der Waals surface area contributed by atoms with Crippen LogP contribution in [0.25, 0.3) is 6.08 Å². The van der Waals surface area contributed by atoms with Crippen molar-refractivity contribution in [3.8, 4) is 5.75 Å². The lowest BCUT2D eigenvalue weighted by Gasteiger charge is -2.09. The minimum atomic E-state index is -0.401. The third-order valence-corrected chi connectivity index (χ3v) is 4.58. The van der Waals surface area contributed by atoms with E-state index >= 15 is 0 Å². The maximum Gasteiger partial charge on any atom is 0.329 e. The van der Waals surface area contributed by atoms with Crippen molar-refractivity contribution in [2.24, 2.45) is 0 Å². The van der Waals surface area contributed by atoms with Gasteiger partial charge in [-0.3, -0.25) is 9.69 Å². The standard InChI is InChI=1S/C20H18BrFN2O3/c1-2-8-24-19(25)17(23-20(24)26)11-13-6-7-18(16(21)10-13)27-12-14-4-3-5-15(22)9-14/h3-7,9-11H,2,8,12H2,1H3,(H,23,26)/b17-11+. The van der Waals surface area contributed by atoms with Crippen LogP contribution in [0, 0.1) is 5.82 Å². The monoisotopic (exact) mass is 432 g/mol. The minimum absolute atomic E-state index is 0.233. The molecule has 1 heterocycles. The lowest BCUT2D eigenvalue weighted by molar-refractivity contribution is -0.122. The van der Waals surface area contributed by atoms with E-state index < -0.39 is 6.03 Å². The average molecular weight is 433 g/mol. The van der Waals surface area contributed by atoms with E-state index in [1.54, 1.807) is 36.4 Å². The van der Waals surface area contributed by atoms with Gasteiger partial charge in [0, 0.05) is 6.54 Å². The summed E-state index contributed by atoms with van der Waals surface area (Å²) in [7, 11) is 0. The summed E-state index contributed by atoms with van der Waals surface area (Å²) in [5.74, 6) is -0.0438. The molecule has 0 aliphatic carbocycles. The first kappa shape index (κ1) is 19.1. The molecule has 27 heavy (non-hydrogen) atoms. The van der Waals surface area contributed by atoms with Crippen LogP contribution in [0.2, 0.25) is 0 Å². The van der Waals surface area contributed by atoms with Crippen LogP contribution in [0.15, 0.2) is 52.6 Å². The van der Waals surface area contributed by atoms with E-state index in [4.69, 9.17) is 4.74 Å². The molecule has 1 N–H and O–H groups in total. The first-order valence-electron chi connectivity index (χ1n) is 8.49. The molecule has 2 aromatic carbocycles. The third-order valence-electron chi connectivity index (χ3n) is 3.96. The number of ether oxygens (including phenoxy) is 1. The SMILES string of the molecule is CCCN1C(=O)N/C(=C/c2ccc(OCc3cccc(F)c3)c(Br)c2)C1=O. The molecule has 5 nitrogen and oxygen atoms in total. The Kier molecular flexibility index (Phi) is 5.91. The lowest BCUT2D eigenvalue weighted by Crippen LogP contribution is -2.31. The van der Waals surface area contributed by atoms with E-state index in [-0.39, 0.29) is 24.0 Å². The minimum Gasteiger partial charge on any atom is -0.488 e. The number of urea groups is 1. The van der Waals surface area contributed by atoms with Gasteiger partial charge >= 0.3 is 6.03 Å². The van der Waals surface area contributed by atoms with E-state index in [1.807, 2.05) is 6.92 Å². The van der Waals surface area contributed by atoms with E-state index in [2.05, 4.69) is 21.2 Å². The fourth-order valence-corrected chi connectivity index (χ4v) is 3.19. The Bertz CT molecular complexity index is 914. The summed E-state index contributed by atoms with van der Waals surface area (Å²) in [5, 5.41) is 2.59. The van der Waals surface area contributed by atoms with Gasteiger partial charge in [-0.2, -0.15) is 0 Å². The highest BCUT2D eigenvalue weighted by atomic mass is 79.9. The third kappa shape index (κ3) is 4.54. The molecular weight excluding hydrogens is 415 g/mol. The Morgan fingerprint density at radius 3 is 2.74 bits per heavy atom. The molecule has 140 valence electrons. The van der Waals surface area contributed by atoms with E-state index in [0.717, 1.165) is 11.1 Å². The van der Waals surface area contributed by atoms with Gasteiger partial charge in [-0.25, -0.2) is 9.18 Å². The van der Waals surface area contributed by atoms with E-state index in [0.29, 0.717) is 23.2 Å². The van der Waals surface area contributed by atoms with Gasteiger partial charge in [0.15, 0.2) is 0 Å². The molecule has 2 aromatic rings. The summed E-state index contributed by atoms with van der Waals surface area (Å²) >= 11 is 3.44. The molecule has 0 spiro atoms. The molecule has 0 bridgehead atoms. The Hall–Kier alpha value is -2.67. The van der Waals surface area contributed by atoms with Crippen LogP contribution in [-0.4, -0.2) is 23.4 Å². The van der Waals surface area contributed by atoms with Gasteiger partial charge < -0.3 is 10.1 Å². The van der Waals surface area contributed by atoms with Crippen molar-refractivity contribution in [1.82, 2.24) is 10.2 Å². The molecule has 3 amide bonds. The molecule has 3 rings (SSSR count). The summed E-state index contributed by atoms with van der Waals surface area (Å²) in [6.07, 6.45) is 2.33. The summed E-state index contributed by atoms with van der Waals surface area (Å²) in [4.78, 5) is 25.3. The van der Waals surface area contributed by atoms with Gasteiger partial charge in [0.05, 0.1) is 4.47 Å². The topological polar surface area (TPSA) is 58.6 Å². The Morgan fingerprint density at radius 1 is 1.22 bits per heavy atom. The molecule has 0 unspecified atom stereocenters. The highest BCUT2D eigenvalue weighted by molar-refractivity contribution is 9.10. The zero-order valence-electron chi connectivity index (χ0n) is 14.7.